The number of hydrogen-bond donors (Lipinski definition) is 3. The van der Waals surface area contributed by atoms with Crippen molar-refractivity contribution < 1.29 is 32.6 Å². The fourth-order valence-electron chi connectivity index (χ4n) is 3.65. The molecule has 2 aliphatic heterocycles. The van der Waals surface area contributed by atoms with Gasteiger partial charge in [0.1, 0.15) is 11.1 Å². The van der Waals surface area contributed by atoms with Crippen LogP contribution in [-0.2, 0) is 29.1 Å². The highest BCUT2D eigenvalue weighted by molar-refractivity contribution is 8.01. The number of nitrogens with zero attached hydrogens (tertiary/aromatic N) is 6. The van der Waals surface area contributed by atoms with Gasteiger partial charge in [0.2, 0.25) is 21.1 Å². The van der Waals surface area contributed by atoms with E-state index in [1.54, 1.807) is 6.19 Å². The number of H-pyrrole nitrogens is 1. The Labute approximate surface area is 202 Å². The van der Waals surface area contributed by atoms with Gasteiger partial charge >= 0.3 is 5.97 Å². The molecule has 0 bridgehead atoms. The standard InChI is InChI=1S/C16H20N8O7S3/c1-8(25)23(7-17)16(31-2)13(28)24-11(12(26)27)9(6-32-14(16)24)10(4-5-18-34(3,29)30)33-15-19-21-22-20-15/h10,14,18H,4-6H2,1-3H3,(H,26,27)(H,19,20,21,22)/t10?,14-,16-/m0/s1. The Morgan fingerprint density at radius 1 is 1.56 bits per heavy atom. The predicted molar refractivity (Wildman–Crippen MR) is 117 cm³/mol. The van der Waals surface area contributed by atoms with Gasteiger partial charge in [0, 0.05) is 31.6 Å². The van der Waals surface area contributed by atoms with E-state index in [-0.39, 0.29) is 29.6 Å². The van der Waals surface area contributed by atoms with Crippen molar-refractivity contribution in [2.24, 2.45) is 0 Å². The number of sulfonamides is 1. The number of aromatic amines is 1. The summed E-state index contributed by atoms with van der Waals surface area (Å²) >= 11 is 2.17. The molecule has 34 heavy (non-hydrogen) atoms. The lowest BCUT2D eigenvalue weighted by atomic mass is 9.95. The minimum Gasteiger partial charge on any atom is -0.477 e. The second kappa shape index (κ2) is 9.87. The molecule has 0 aromatic carbocycles. The summed E-state index contributed by atoms with van der Waals surface area (Å²) in [4.78, 5) is 39.1. The molecule has 0 spiro atoms. The first-order valence-corrected chi connectivity index (χ1v) is 13.3. The van der Waals surface area contributed by atoms with Gasteiger partial charge < -0.3 is 9.84 Å². The SMILES string of the molecule is CO[C@@]1(N(C#N)C(C)=O)C(=O)N2C(C(=O)O)=C(C(CCNS(C)(=O)=O)Sc3nn[nH]n3)CS[C@H]21. The number of rotatable bonds is 10. The lowest BCUT2D eigenvalue weighted by Gasteiger charge is -2.57. The summed E-state index contributed by atoms with van der Waals surface area (Å²) in [6.45, 7) is 1.08. The van der Waals surface area contributed by atoms with Crippen LogP contribution in [0.4, 0.5) is 0 Å². The highest BCUT2D eigenvalue weighted by Gasteiger charge is 2.70. The fourth-order valence-corrected chi connectivity index (χ4v) is 6.81. The Kier molecular flexibility index (Phi) is 7.52. The zero-order valence-electron chi connectivity index (χ0n) is 18.1. The Morgan fingerprint density at radius 3 is 2.76 bits per heavy atom. The largest absolute Gasteiger partial charge is 0.477 e. The van der Waals surface area contributed by atoms with Gasteiger partial charge in [-0.1, -0.05) is 11.8 Å². The smallest absolute Gasteiger partial charge is 0.352 e. The number of aromatic nitrogens is 4. The molecule has 0 aliphatic carbocycles. The number of hydrogen-bond acceptors (Lipinski definition) is 12. The van der Waals surface area contributed by atoms with E-state index in [9.17, 15) is 33.2 Å². The Hall–Kier alpha value is -2.72. The van der Waals surface area contributed by atoms with Crippen LogP contribution in [0.2, 0.25) is 0 Å². The fraction of sp³-hybridized carbons (Fsp3) is 0.562. The number of aliphatic carboxylic acids is 1. The second-order valence-corrected chi connectivity index (χ2v) is 11.2. The van der Waals surface area contributed by atoms with Crippen LogP contribution in [0, 0.1) is 11.5 Å². The molecule has 1 aromatic rings. The number of nitriles is 1. The van der Waals surface area contributed by atoms with E-state index in [1.807, 2.05) is 0 Å². The molecular weight excluding hydrogens is 512 g/mol. The van der Waals surface area contributed by atoms with Gasteiger partial charge in [-0.05, 0) is 17.2 Å². The number of ether oxygens (including phenoxy) is 1. The molecule has 3 rings (SSSR count). The number of thioether (sulfide) groups is 2. The molecule has 0 radical (unpaired) electrons. The van der Waals surface area contributed by atoms with Crippen molar-refractivity contribution in [2.75, 3.05) is 25.7 Å². The van der Waals surface area contributed by atoms with Crippen molar-refractivity contribution >= 4 is 51.3 Å². The molecule has 1 fully saturated rings. The van der Waals surface area contributed by atoms with E-state index in [0.29, 0.717) is 10.5 Å². The second-order valence-electron chi connectivity index (χ2n) is 7.13. The van der Waals surface area contributed by atoms with E-state index in [2.05, 4.69) is 25.3 Å². The summed E-state index contributed by atoms with van der Waals surface area (Å²) in [7, 11) is -2.33. The third-order valence-corrected chi connectivity index (χ3v) is 8.27. The van der Waals surface area contributed by atoms with E-state index in [4.69, 9.17) is 4.74 Å². The number of tetrazole rings is 1. The summed E-state index contributed by atoms with van der Waals surface area (Å²) < 4.78 is 30.6. The number of fused-ring (bicyclic) bond motifs is 1. The maximum Gasteiger partial charge on any atom is 0.352 e. The minimum absolute atomic E-state index is 0.0126. The van der Waals surface area contributed by atoms with Gasteiger partial charge in [0.15, 0.2) is 6.19 Å². The zero-order chi connectivity index (χ0) is 25.3. The van der Waals surface area contributed by atoms with Gasteiger partial charge in [-0.15, -0.1) is 22.0 Å². The third kappa shape index (κ3) is 4.61. The minimum atomic E-state index is -3.49. The zero-order valence-corrected chi connectivity index (χ0v) is 20.5. The molecule has 2 amide bonds. The van der Waals surface area contributed by atoms with Crippen LogP contribution in [0.5, 0.6) is 0 Å². The average Bonchev–Trinajstić information content (AvgIpc) is 3.27. The van der Waals surface area contributed by atoms with Crippen LogP contribution in [-0.4, -0.2) is 104 Å². The summed E-state index contributed by atoms with van der Waals surface area (Å²) in [5.41, 5.74) is -1.97. The van der Waals surface area contributed by atoms with Crippen LogP contribution in [0.3, 0.4) is 0 Å². The Morgan fingerprint density at radius 2 is 2.26 bits per heavy atom. The molecule has 3 N–H and O–H groups in total. The number of amides is 2. The van der Waals surface area contributed by atoms with Crippen molar-refractivity contribution in [1.29, 1.82) is 5.26 Å². The maximum absolute atomic E-state index is 13.2. The lowest BCUT2D eigenvalue weighted by Crippen LogP contribution is -2.80. The van der Waals surface area contributed by atoms with Crippen LogP contribution in [0.1, 0.15) is 13.3 Å². The molecular formula is C16H20N8O7S3. The summed E-state index contributed by atoms with van der Waals surface area (Å²) in [5, 5.41) is 31.5. The first-order chi connectivity index (χ1) is 16.0. The number of carboxylic acids is 1. The molecule has 0 saturated carbocycles. The van der Waals surface area contributed by atoms with Crippen LogP contribution < -0.4 is 4.72 Å². The van der Waals surface area contributed by atoms with E-state index in [0.717, 1.165) is 48.7 Å². The molecule has 3 heterocycles. The Balaban J connectivity index is 2.01. The first kappa shape index (κ1) is 25.9. The van der Waals surface area contributed by atoms with Crippen LogP contribution in [0.15, 0.2) is 16.4 Å². The van der Waals surface area contributed by atoms with Gasteiger partial charge in [-0.2, -0.15) is 10.5 Å². The topological polar surface area (TPSA) is 212 Å². The number of carbonyl (C=O) groups is 3. The number of carboxylic acid groups (broad SMARTS) is 1. The molecule has 18 heteroatoms. The predicted octanol–water partition coefficient (Wildman–Crippen LogP) is -1.47. The molecule has 184 valence electrons. The van der Waals surface area contributed by atoms with Crippen molar-refractivity contribution in [3.05, 3.63) is 11.3 Å². The van der Waals surface area contributed by atoms with Crippen LogP contribution >= 0.6 is 23.5 Å². The Bertz CT molecular complexity index is 1170. The highest BCUT2D eigenvalue weighted by atomic mass is 32.2. The van der Waals surface area contributed by atoms with Crippen molar-refractivity contribution in [2.45, 2.75) is 34.8 Å². The van der Waals surface area contributed by atoms with Crippen molar-refractivity contribution in [3.8, 4) is 6.19 Å². The van der Waals surface area contributed by atoms with Crippen LogP contribution in [0.25, 0.3) is 0 Å². The van der Waals surface area contributed by atoms with E-state index < -0.39 is 44.2 Å². The summed E-state index contributed by atoms with van der Waals surface area (Å²) in [5.74, 6) is -2.93. The average molecular weight is 533 g/mol. The number of methoxy groups -OCH3 is 1. The molecule has 1 saturated heterocycles. The molecule has 3 atom stereocenters. The van der Waals surface area contributed by atoms with Gasteiger partial charge in [-0.3, -0.25) is 14.5 Å². The van der Waals surface area contributed by atoms with Gasteiger partial charge in [0.05, 0.1) is 6.26 Å². The highest BCUT2D eigenvalue weighted by Crippen LogP contribution is 2.51. The first-order valence-electron chi connectivity index (χ1n) is 9.50. The number of carbonyl (C=O) groups excluding carboxylic acids is 2. The molecule has 2 aliphatic rings. The molecule has 1 unspecified atom stereocenters. The molecule has 1 aromatic heterocycles. The summed E-state index contributed by atoms with van der Waals surface area (Å²) in [6, 6.07) is 0. The molecule has 15 nitrogen and oxygen atoms in total. The number of nitrogens with one attached hydrogen (secondary N) is 2. The summed E-state index contributed by atoms with van der Waals surface area (Å²) in [6.07, 6.45) is 2.79. The monoisotopic (exact) mass is 532 g/mol. The van der Waals surface area contributed by atoms with Gasteiger partial charge in [0.25, 0.3) is 11.6 Å². The van der Waals surface area contributed by atoms with E-state index in [1.165, 1.54) is 0 Å². The van der Waals surface area contributed by atoms with Crippen molar-refractivity contribution in [3.63, 3.8) is 0 Å². The van der Waals surface area contributed by atoms with E-state index >= 15 is 0 Å². The number of β-lactam (4-membered cyclic amide) rings is 1. The third-order valence-electron chi connectivity index (χ3n) is 5.03. The maximum atomic E-state index is 13.2. The lowest BCUT2D eigenvalue weighted by molar-refractivity contribution is -0.213. The van der Waals surface area contributed by atoms with Crippen molar-refractivity contribution in [1.82, 2.24) is 35.1 Å². The normalized spacial score (nSPS) is 23.1. The van der Waals surface area contributed by atoms with Gasteiger partial charge in [-0.25, -0.2) is 22.8 Å². The quantitative estimate of drug-likeness (QED) is 0.103.